The van der Waals surface area contributed by atoms with Gasteiger partial charge < -0.3 is 14.9 Å². The van der Waals surface area contributed by atoms with Crippen LogP contribution < -0.4 is 4.90 Å². The van der Waals surface area contributed by atoms with Crippen LogP contribution in [0.1, 0.15) is 5.56 Å². The first-order chi connectivity index (χ1) is 8.69. The minimum absolute atomic E-state index is 0.0910. The van der Waals surface area contributed by atoms with Crippen molar-refractivity contribution in [1.82, 2.24) is 9.88 Å². The number of hydrogen-bond donors (Lipinski definition) is 1. The number of carbonyl (C=O) groups is 1. The van der Waals surface area contributed by atoms with E-state index in [2.05, 4.69) is 16.0 Å². The van der Waals surface area contributed by atoms with E-state index in [1.807, 2.05) is 0 Å². The number of hydrogen-bond acceptors (Lipinski definition) is 4. The summed E-state index contributed by atoms with van der Waals surface area (Å²) in [5.41, 5.74) is 1.43. The summed E-state index contributed by atoms with van der Waals surface area (Å²) in [6, 6.07) is 3.95. The second-order valence-electron chi connectivity index (χ2n) is 4.71. The van der Waals surface area contributed by atoms with Gasteiger partial charge >= 0.3 is 6.09 Å². The molecule has 0 aliphatic carbocycles. The number of aromatic nitrogens is 1. The van der Waals surface area contributed by atoms with Crippen molar-refractivity contribution >= 4 is 11.8 Å². The number of pyridine rings is 1. The Morgan fingerprint density at radius 2 is 2.28 bits per heavy atom. The maximum atomic E-state index is 10.9. The zero-order chi connectivity index (χ0) is 12.7. The minimum Gasteiger partial charge on any atom is -0.465 e. The van der Waals surface area contributed by atoms with Crippen LogP contribution in [0.3, 0.4) is 0 Å². The van der Waals surface area contributed by atoms with E-state index < -0.39 is 6.09 Å². The van der Waals surface area contributed by atoms with Gasteiger partial charge in [-0.25, -0.2) is 4.79 Å². The van der Waals surface area contributed by atoms with Crippen LogP contribution in [0.4, 0.5) is 10.5 Å². The first kappa shape index (κ1) is 10.8. The number of anilines is 1. The highest BCUT2D eigenvalue weighted by Crippen LogP contribution is 2.34. The summed E-state index contributed by atoms with van der Waals surface area (Å²) < 4.78 is 0. The number of fused-ring (bicyclic) bond motifs is 1. The van der Waals surface area contributed by atoms with Gasteiger partial charge in [-0.2, -0.15) is 5.26 Å². The van der Waals surface area contributed by atoms with Crippen molar-refractivity contribution < 1.29 is 9.90 Å². The molecule has 2 fully saturated rings. The third kappa shape index (κ3) is 1.56. The summed E-state index contributed by atoms with van der Waals surface area (Å²) in [6.45, 7) is 2.14. The van der Waals surface area contributed by atoms with Crippen molar-refractivity contribution in [3.63, 3.8) is 0 Å². The molecule has 1 amide bonds. The number of carboxylic acid groups (broad SMARTS) is 1. The fourth-order valence-corrected chi connectivity index (χ4v) is 2.73. The Bertz CT molecular complexity index is 539. The minimum atomic E-state index is -0.845. The van der Waals surface area contributed by atoms with Crippen LogP contribution in [-0.2, 0) is 0 Å². The van der Waals surface area contributed by atoms with Crippen LogP contribution in [0.15, 0.2) is 18.5 Å². The molecule has 1 aromatic heterocycles. The molecule has 0 aromatic carbocycles. The van der Waals surface area contributed by atoms with Crippen LogP contribution in [0, 0.1) is 17.2 Å². The molecular formula is C12H12N4O2. The first-order valence-electron chi connectivity index (χ1n) is 5.78. The normalized spacial score (nSPS) is 25.3. The lowest BCUT2D eigenvalue weighted by Crippen LogP contribution is -2.57. The average molecular weight is 244 g/mol. The summed E-state index contributed by atoms with van der Waals surface area (Å²) >= 11 is 0. The number of rotatable bonds is 1. The lowest BCUT2D eigenvalue weighted by atomic mass is 9.93. The summed E-state index contributed by atoms with van der Waals surface area (Å²) in [4.78, 5) is 18.5. The molecule has 6 heteroatoms. The molecule has 0 unspecified atom stereocenters. The smallest absolute Gasteiger partial charge is 0.407 e. The van der Waals surface area contributed by atoms with Gasteiger partial charge in [-0.05, 0) is 6.07 Å². The summed E-state index contributed by atoms with van der Waals surface area (Å²) in [6.07, 6.45) is 2.40. The summed E-state index contributed by atoms with van der Waals surface area (Å²) in [7, 11) is 0. The second kappa shape index (κ2) is 3.88. The van der Waals surface area contributed by atoms with Crippen molar-refractivity contribution in [3.05, 3.63) is 24.0 Å². The van der Waals surface area contributed by atoms with Crippen molar-refractivity contribution in [2.75, 3.05) is 24.5 Å². The highest BCUT2D eigenvalue weighted by atomic mass is 16.4. The van der Waals surface area contributed by atoms with Crippen molar-refractivity contribution in [3.8, 4) is 6.07 Å². The highest BCUT2D eigenvalue weighted by Gasteiger charge is 2.48. The van der Waals surface area contributed by atoms with E-state index in [9.17, 15) is 4.79 Å². The van der Waals surface area contributed by atoms with Crippen molar-refractivity contribution in [1.29, 1.82) is 5.26 Å². The van der Waals surface area contributed by atoms with Crippen LogP contribution in [-0.4, -0.2) is 46.8 Å². The van der Waals surface area contributed by atoms with E-state index in [0.717, 1.165) is 12.2 Å². The lowest BCUT2D eigenvalue weighted by molar-refractivity contribution is 0.0507. The molecule has 1 aromatic rings. The molecule has 3 heterocycles. The molecule has 2 atom stereocenters. The molecule has 1 N–H and O–H groups in total. The third-order valence-electron chi connectivity index (χ3n) is 3.70. The molecule has 2 aliphatic heterocycles. The Kier molecular flexibility index (Phi) is 2.33. The average Bonchev–Trinajstić information content (AvgIpc) is 2.67. The largest absolute Gasteiger partial charge is 0.465 e. The lowest BCUT2D eigenvalue weighted by Gasteiger charge is -2.40. The molecule has 92 valence electrons. The van der Waals surface area contributed by atoms with Gasteiger partial charge in [0, 0.05) is 31.7 Å². The maximum Gasteiger partial charge on any atom is 0.407 e. The van der Waals surface area contributed by atoms with E-state index in [1.165, 1.54) is 11.1 Å². The van der Waals surface area contributed by atoms with Gasteiger partial charge in [0.2, 0.25) is 0 Å². The van der Waals surface area contributed by atoms with Gasteiger partial charge in [0.25, 0.3) is 0 Å². The first-order valence-corrected chi connectivity index (χ1v) is 5.78. The van der Waals surface area contributed by atoms with E-state index in [0.29, 0.717) is 24.6 Å². The summed E-state index contributed by atoms with van der Waals surface area (Å²) in [5.74, 6) is 0.409. The molecule has 0 spiro atoms. The molecule has 2 saturated heterocycles. The zero-order valence-corrected chi connectivity index (χ0v) is 9.65. The molecule has 0 saturated carbocycles. The topological polar surface area (TPSA) is 80.5 Å². The predicted molar refractivity (Wildman–Crippen MR) is 63.2 cm³/mol. The Balaban J connectivity index is 1.76. The van der Waals surface area contributed by atoms with E-state index in [-0.39, 0.29) is 6.04 Å². The van der Waals surface area contributed by atoms with Crippen LogP contribution in [0.2, 0.25) is 0 Å². The molecule has 18 heavy (non-hydrogen) atoms. The van der Waals surface area contributed by atoms with Gasteiger partial charge in [-0.3, -0.25) is 4.98 Å². The van der Waals surface area contributed by atoms with Crippen molar-refractivity contribution in [2.45, 2.75) is 6.04 Å². The number of amides is 1. The van der Waals surface area contributed by atoms with E-state index >= 15 is 0 Å². The van der Waals surface area contributed by atoms with Crippen LogP contribution in [0.5, 0.6) is 0 Å². The zero-order valence-electron chi connectivity index (χ0n) is 9.65. The molecular weight excluding hydrogens is 232 g/mol. The van der Waals surface area contributed by atoms with E-state index in [1.54, 1.807) is 12.3 Å². The molecule has 0 bridgehead atoms. The number of likely N-dealkylation sites (tertiary alicyclic amines) is 1. The predicted octanol–water partition coefficient (Wildman–Crippen LogP) is 0.752. The molecule has 2 aliphatic rings. The Morgan fingerprint density at radius 1 is 1.44 bits per heavy atom. The third-order valence-corrected chi connectivity index (χ3v) is 3.70. The molecule has 0 radical (unpaired) electrons. The van der Waals surface area contributed by atoms with Gasteiger partial charge in [0.1, 0.15) is 6.07 Å². The highest BCUT2D eigenvalue weighted by molar-refractivity contribution is 5.67. The van der Waals surface area contributed by atoms with Crippen molar-refractivity contribution in [2.24, 2.45) is 5.92 Å². The van der Waals surface area contributed by atoms with Gasteiger partial charge in [-0.15, -0.1) is 0 Å². The monoisotopic (exact) mass is 244 g/mol. The van der Waals surface area contributed by atoms with Gasteiger partial charge in [0.05, 0.1) is 23.5 Å². The van der Waals surface area contributed by atoms with Gasteiger partial charge in [0.15, 0.2) is 0 Å². The molecule has 6 nitrogen and oxygen atoms in total. The standard InChI is InChI=1S/C12H12N4O2/c13-2-8-1-10(4-14-3-8)15-5-9-6-16(12(17)18)11(9)7-15/h1,3-4,9,11H,5-7H2,(H,17,18)/t9-,11-/m0/s1. The molecule has 3 rings (SSSR count). The SMILES string of the molecule is N#Cc1cncc(N2C[C@H]3CN(C(=O)O)[C@H]3C2)c1. The second-order valence-corrected chi connectivity index (χ2v) is 4.71. The number of nitriles is 1. The fraction of sp³-hybridized carbons (Fsp3) is 0.417. The Hall–Kier alpha value is -2.29. The maximum absolute atomic E-state index is 10.9. The Labute approximate surface area is 104 Å². The fourth-order valence-electron chi connectivity index (χ4n) is 2.73. The van der Waals surface area contributed by atoms with Crippen LogP contribution >= 0.6 is 0 Å². The quantitative estimate of drug-likeness (QED) is 0.788. The number of nitrogens with zero attached hydrogens (tertiary/aromatic N) is 4. The Morgan fingerprint density at radius 3 is 3.00 bits per heavy atom. The van der Waals surface area contributed by atoms with E-state index in [4.69, 9.17) is 10.4 Å². The summed E-state index contributed by atoms with van der Waals surface area (Å²) in [5, 5.41) is 17.8. The van der Waals surface area contributed by atoms with Crippen LogP contribution in [0.25, 0.3) is 0 Å². The van der Waals surface area contributed by atoms with Gasteiger partial charge in [-0.1, -0.05) is 0 Å².